The third-order valence-corrected chi connectivity index (χ3v) is 6.17. The molecule has 0 bridgehead atoms. The molecule has 0 aliphatic carbocycles. The van der Waals surface area contributed by atoms with E-state index in [1.54, 1.807) is 6.92 Å². The van der Waals surface area contributed by atoms with Crippen molar-refractivity contribution in [2.45, 2.75) is 85.6 Å². The van der Waals surface area contributed by atoms with Gasteiger partial charge in [0.25, 0.3) is 0 Å². The smallest absolute Gasteiger partial charge is 0.332 e. The Morgan fingerprint density at radius 2 is 1.83 bits per heavy atom. The zero-order chi connectivity index (χ0) is 39.4. The Hall–Kier alpha value is -1.92. The molecule has 192 valence electrons. The first-order chi connectivity index (χ1) is 22.2. The van der Waals surface area contributed by atoms with Gasteiger partial charge in [-0.2, -0.15) is 0 Å². The Balaban J connectivity index is 2.66. The van der Waals surface area contributed by atoms with Crippen LogP contribution in [0.1, 0.15) is 87.7 Å². The minimum absolute atomic E-state index is 0.0600. The minimum Gasteiger partial charge on any atom is -0.479 e. The third-order valence-electron chi connectivity index (χ3n) is 5.80. The molecule has 1 saturated heterocycles. The summed E-state index contributed by atoms with van der Waals surface area (Å²) < 4.78 is 142. The van der Waals surface area contributed by atoms with Crippen LogP contribution in [0.25, 0.3) is 0 Å². The zero-order valence-corrected chi connectivity index (χ0v) is 21.9. The molecule has 35 heavy (non-hydrogen) atoms. The predicted octanol–water partition coefficient (Wildman–Crippen LogP) is 5.94. The monoisotopic (exact) mass is 515 g/mol. The number of benzene rings is 2. The van der Waals surface area contributed by atoms with Crippen molar-refractivity contribution in [3.05, 3.63) is 68.6 Å². The molecule has 5 atom stereocenters. The number of ether oxygens (including phenoxy) is 1. The van der Waals surface area contributed by atoms with Gasteiger partial charge in [0.15, 0.2) is 6.10 Å². The van der Waals surface area contributed by atoms with Crippen molar-refractivity contribution in [3.8, 4) is 0 Å². The Bertz CT molecular complexity index is 1590. The van der Waals surface area contributed by atoms with Gasteiger partial charge in [0.05, 0.1) is 23.5 Å². The van der Waals surface area contributed by atoms with Crippen LogP contribution in [0, 0.1) is 27.7 Å². The van der Waals surface area contributed by atoms with Gasteiger partial charge in [-0.25, -0.2) is 4.79 Å². The lowest BCUT2D eigenvalue weighted by Crippen LogP contribution is -2.60. The normalized spacial score (nSPS) is 37.6. The van der Waals surface area contributed by atoms with Crippen molar-refractivity contribution < 1.29 is 35.2 Å². The van der Waals surface area contributed by atoms with Crippen molar-refractivity contribution in [1.29, 1.82) is 0 Å². The first-order valence-corrected chi connectivity index (χ1v) is 11.4. The summed E-state index contributed by atoms with van der Waals surface area (Å²) in [7, 11) is 0. The van der Waals surface area contributed by atoms with Crippen LogP contribution in [0.4, 0.5) is 0 Å². The van der Waals surface area contributed by atoms with E-state index < -0.39 is 97.0 Å². The largest absolute Gasteiger partial charge is 0.479 e. The van der Waals surface area contributed by atoms with E-state index in [9.17, 15) is 19.5 Å². The highest BCUT2D eigenvalue weighted by Gasteiger charge is 2.38. The Morgan fingerprint density at radius 3 is 2.43 bits per heavy atom. The summed E-state index contributed by atoms with van der Waals surface area (Å²) in [5, 5.41) is 9.02. The van der Waals surface area contributed by atoms with Gasteiger partial charge in [-0.1, -0.05) is 35.8 Å². The molecule has 1 aliphatic heterocycles. The topological polar surface area (TPSA) is 53.0 Å². The van der Waals surface area contributed by atoms with Gasteiger partial charge in [0.2, 0.25) is 0 Å². The average molecular weight is 516 g/mol. The molecule has 2 aromatic carbocycles. The van der Waals surface area contributed by atoms with Crippen LogP contribution >= 0.6 is 11.6 Å². The predicted molar refractivity (Wildman–Crippen MR) is 144 cm³/mol. The lowest BCUT2D eigenvalue weighted by atomic mass is 9.87. The Kier molecular flexibility index (Phi) is 4.43. The number of carboxylic acids is 1. The summed E-state index contributed by atoms with van der Waals surface area (Å²) in [6.45, 7) is -1.61. The molecule has 5 nitrogen and oxygen atoms in total. The molecule has 3 rings (SSSR count). The van der Waals surface area contributed by atoms with Crippen LogP contribution in [0.3, 0.4) is 0 Å². The molecule has 6 heteroatoms. The van der Waals surface area contributed by atoms with Gasteiger partial charge < -0.3 is 9.84 Å². The second-order valence-electron chi connectivity index (χ2n) is 8.39. The van der Waals surface area contributed by atoms with Gasteiger partial charge >= 0.3 is 5.97 Å². The number of aliphatic carboxylic acids is 1. The maximum atomic E-state index is 11.5. The lowest BCUT2D eigenvalue weighted by Gasteiger charge is -2.50. The van der Waals surface area contributed by atoms with Crippen molar-refractivity contribution in [2.75, 3.05) is 19.6 Å². The molecular weight excluding hydrogens is 460 g/mol. The fraction of sp³-hybridized carbons (Fsp3) is 0.552. The van der Waals surface area contributed by atoms with Crippen molar-refractivity contribution in [3.63, 3.8) is 0 Å². The van der Waals surface area contributed by atoms with E-state index in [-0.39, 0.29) is 21.0 Å². The molecule has 1 N–H and O–H groups in total. The second kappa shape index (κ2) is 11.4. The molecule has 0 aromatic heterocycles. The van der Waals surface area contributed by atoms with E-state index in [0.717, 1.165) is 20.8 Å². The van der Waals surface area contributed by atoms with E-state index in [1.807, 2.05) is 0 Å². The summed E-state index contributed by atoms with van der Waals surface area (Å²) in [4.78, 5) is 11.8. The van der Waals surface area contributed by atoms with Crippen LogP contribution in [-0.4, -0.2) is 64.6 Å². The maximum Gasteiger partial charge on any atom is 0.332 e. The average Bonchev–Trinajstić information content (AvgIpc) is 2.95. The molecule has 2 aromatic rings. The van der Waals surface area contributed by atoms with Crippen molar-refractivity contribution >= 4 is 17.6 Å². The third kappa shape index (κ3) is 6.08. The summed E-state index contributed by atoms with van der Waals surface area (Å²) in [6, 6.07) is -16.0. The van der Waals surface area contributed by atoms with E-state index in [0.29, 0.717) is 23.0 Å². The highest BCUT2D eigenvalue weighted by atomic mass is 35.5. The number of nitrogens with zero attached hydrogens (tertiary/aromatic N) is 2. The van der Waals surface area contributed by atoms with Gasteiger partial charge in [-0.3, -0.25) is 9.80 Å². The standard InChI is InChI=1S/C29H41ClN2O3/c1-17-9-11-26(23(7)22(17)6)28(25-10-12-27(30)18(2)13-25)32-19(3)14-31(15-20(32)4)21(5)16-35-24(8)29(33)34/h9-13,19-21,24,28H,14-16H2,1-8H3,(H,33,34)/i9D,10D,11D,12D,13D,14D2,15D2,16D2,19D,20D,21D,28D. The summed E-state index contributed by atoms with van der Waals surface area (Å²) >= 11 is 6.27. The Labute approximate surface area is 237 Å². The minimum atomic E-state index is -3.61. The number of hydrogen-bond acceptors (Lipinski definition) is 4. The maximum absolute atomic E-state index is 11.5. The van der Waals surface area contributed by atoms with Crippen LogP contribution in [-0.2, 0) is 9.53 Å². The van der Waals surface area contributed by atoms with Crippen molar-refractivity contribution in [1.82, 2.24) is 9.80 Å². The molecule has 1 fully saturated rings. The number of carbonyl (C=O) groups is 1. The van der Waals surface area contributed by atoms with Gasteiger partial charge in [-0.15, -0.1) is 0 Å². The fourth-order valence-corrected chi connectivity index (χ4v) is 3.57. The molecular formula is C29H41ClN2O3. The molecule has 0 spiro atoms. The number of hydrogen-bond donors (Lipinski definition) is 1. The van der Waals surface area contributed by atoms with Crippen LogP contribution in [0.2, 0.25) is 5.02 Å². The summed E-state index contributed by atoms with van der Waals surface area (Å²) in [6.07, 6.45) is -1.90. The quantitative estimate of drug-likeness (QED) is 0.471. The molecule has 0 saturated carbocycles. The first-order valence-electron chi connectivity index (χ1n) is 18.5. The number of piperazine rings is 1. The highest BCUT2D eigenvalue weighted by molar-refractivity contribution is 6.31. The van der Waals surface area contributed by atoms with E-state index in [1.165, 1.54) is 20.8 Å². The van der Waals surface area contributed by atoms with Crippen molar-refractivity contribution in [2.24, 2.45) is 0 Å². The van der Waals surface area contributed by atoms with Gasteiger partial charge in [0.1, 0.15) is 0 Å². The van der Waals surface area contributed by atoms with E-state index in [4.69, 9.17) is 27.3 Å². The molecule has 1 aliphatic rings. The van der Waals surface area contributed by atoms with Gasteiger partial charge in [-0.05, 0) is 94.8 Å². The molecule has 5 unspecified atom stereocenters. The summed E-state index contributed by atoms with van der Waals surface area (Å²) in [5.74, 6) is -1.65. The summed E-state index contributed by atoms with van der Waals surface area (Å²) in [5.41, 5.74) is -0.629. The zero-order valence-electron chi connectivity index (χ0n) is 36.1. The highest BCUT2D eigenvalue weighted by Crippen LogP contribution is 2.38. The van der Waals surface area contributed by atoms with E-state index in [2.05, 4.69) is 0 Å². The van der Waals surface area contributed by atoms with Gasteiger partial charge in [0, 0.05) is 45.7 Å². The SMILES string of the molecule is [2H]c1c([2H])c(C([2H])(c2c([2H])c([2H])c(Cl)c(C)c2[2H])N2C([2H])(C)C([2H])([2H])N(C([2H])(C)C([2H])([2H])OC(C)C(=O)O)C([2H])([2H])C2([2H])C)c(C)c(C)c1C. The molecule has 0 amide bonds. The number of rotatable bonds is 8. The first kappa shape index (κ1) is 13.6. The van der Waals surface area contributed by atoms with Crippen LogP contribution in [0.15, 0.2) is 30.2 Å². The lowest BCUT2D eigenvalue weighted by molar-refractivity contribution is -0.150. The number of carboxylic acid groups (broad SMARTS) is 1. The van der Waals surface area contributed by atoms with Crippen LogP contribution in [0.5, 0.6) is 0 Å². The van der Waals surface area contributed by atoms with Crippen LogP contribution < -0.4 is 0 Å². The Morgan fingerprint density at radius 1 is 1.20 bits per heavy atom. The molecule has 1 heterocycles. The second-order valence-corrected chi connectivity index (χ2v) is 8.77. The van der Waals surface area contributed by atoms with E-state index >= 15 is 0 Å². The fourth-order valence-electron chi connectivity index (χ4n) is 3.48. The number of halogens is 1. The molecule has 0 radical (unpaired) electrons.